The number of hydrogen-bond acceptors (Lipinski definition) is 6. The van der Waals surface area contributed by atoms with E-state index in [0.717, 1.165) is 10.9 Å². The molecule has 2 rings (SSSR count). The predicted octanol–water partition coefficient (Wildman–Crippen LogP) is -2.46. The summed E-state index contributed by atoms with van der Waals surface area (Å²) >= 11 is 0. The van der Waals surface area contributed by atoms with Gasteiger partial charge in [0.15, 0.2) is 0 Å². The molecule has 0 saturated carbocycles. The van der Waals surface area contributed by atoms with Crippen LogP contribution in [-0.4, -0.2) is 49.3 Å². The third-order valence-corrected chi connectivity index (χ3v) is 4.67. The monoisotopic (exact) mass is 196 g/mol. The van der Waals surface area contributed by atoms with E-state index < -0.39 is 8.07 Å². The first-order valence-electron chi connectivity index (χ1n) is 3.69. The molecule has 9 heteroatoms. The Morgan fingerprint density at radius 3 is 1.69 bits per heavy atom. The summed E-state index contributed by atoms with van der Waals surface area (Å²) in [7, 11) is -1.93. The van der Waals surface area contributed by atoms with Crippen LogP contribution >= 0.6 is 0 Å². The molecule has 13 heavy (non-hydrogen) atoms. The SMILES string of the molecule is C[Si](C)(c1nnn[nH]1)c1nnn[nH]1. The molecule has 2 heterocycles. The molecular weight excluding hydrogens is 188 g/mol. The van der Waals surface area contributed by atoms with Crippen molar-refractivity contribution in [1.82, 2.24) is 41.2 Å². The minimum atomic E-state index is -1.93. The molecule has 0 aliphatic carbocycles. The number of hydrogen-bond donors (Lipinski definition) is 2. The minimum Gasteiger partial charge on any atom is -0.247 e. The minimum absolute atomic E-state index is 0.756. The number of nitrogens with one attached hydrogen (secondary N) is 2. The van der Waals surface area contributed by atoms with E-state index in [0.29, 0.717) is 0 Å². The van der Waals surface area contributed by atoms with Gasteiger partial charge in [-0.05, 0) is 20.9 Å². The van der Waals surface area contributed by atoms with E-state index in [4.69, 9.17) is 0 Å². The highest BCUT2D eigenvalue weighted by Crippen LogP contribution is 1.94. The second kappa shape index (κ2) is 2.69. The van der Waals surface area contributed by atoms with Crippen LogP contribution in [0.3, 0.4) is 0 Å². The van der Waals surface area contributed by atoms with E-state index in [9.17, 15) is 0 Å². The molecule has 8 nitrogen and oxygen atoms in total. The first-order valence-corrected chi connectivity index (χ1v) is 6.69. The molecule has 0 saturated heterocycles. The lowest BCUT2D eigenvalue weighted by atomic mass is 11.3. The van der Waals surface area contributed by atoms with Crippen molar-refractivity contribution < 1.29 is 0 Å². The highest BCUT2D eigenvalue weighted by molar-refractivity contribution is 6.98. The van der Waals surface area contributed by atoms with Gasteiger partial charge in [-0.25, -0.2) is 10.2 Å². The molecule has 2 N–H and O–H groups in total. The van der Waals surface area contributed by atoms with Crippen molar-refractivity contribution in [1.29, 1.82) is 0 Å². The summed E-state index contributed by atoms with van der Waals surface area (Å²) in [6.07, 6.45) is 0. The van der Waals surface area contributed by atoms with Crippen molar-refractivity contribution in [3.8, 4) is 0 Å². The molecule has 0 aliphatic heterocycles. The molecule has 0 amide bonds. The largest absolute Gasteiger partial charge is 0.247 e. The zero-order valence-corrected chi connectivity index (χ0v) is 8.18. The quantitative estimate of drug-likeness (QED) is 0.515. The van der Waals surface area contributed by atoms with Gasteiger partial charge in [0, 0.05) is 0 Å². The molecule has 2 aromatic rings. The van der Waals surface area contributed by atoms with Crippen LogP contribution < -0.4 is 10.9 Å². The van der Waals surface area contributed by atoms with Crippen LogP contribution in [0.5, 0.6) is 0 Å². The maximum absolute atomic E-state index is 3.87. The highest BCUT2D eigenvalue weighted by atomic mass is 28.3. The zero-order chi connectivity index (χ0) is 9.31. The van der Waals surface area contributed by atoms with E-state index in [2.05, 4.69) is 54.3 Å². The third kappa shape index (κ3) is 1.22. The first-order chi connectivity index (χ1) is 6.21. The standard InChI is InChI=1S/C4H8N8Si/c1-13(2,3-5-9-10-6-3)4-7-11-12-8-4/h1-2H3,(H,5,6,9,10)(H,7,8,11,12). The van der Waals surface area contributed by atoms with Crippen molar-refractivity contribution in [2.45, 2.75) is 13.1 Å². The van der Waals surface area contributed by atoms with Gasteiger partial charge in [-0.2, -0.15) is 0 Å². The van der Waals surface area contributed by atoms with Crippen LogP contribution in [0.15, 0.2) is 0 Å². The Bertz CT molecular complexity index is 327. The molecule has 0 aliphatic rings. The Kier molecular flexibility index (Phi) is 1.65. The number of aromatic amines is 2. The fourth-order valence-electron chi connectivity index (χ4n) is 0.960. The summed E-state index contributed by atoms with van der Waals surface area (Å²) in [6, 6.07) is 0. The topological polar surface area (TPSA) is 109 Å². The summed E-state index contributed by atoms with van der Waals surface area (Å²) in [6.45, 7) is 4.11. The number of nitrogens with zero attached hydrogens (tertiary/aromatic N) is 6. The van der Waals surface area contributed by atoms with Crippen molar-refractivity contribution in [3.05, 3.63) is 0 Å². The molecule has 0 fully saturated rings. The van der Waals surface area contributed by atoms with E-state index in [1.54, 1.807) is 0 Å². The Labute approximate surface area is 74.1 Å². The van der Waals surface area contributed by atoms with Crippen LogP contribution in [0.4, 0.5) is 0 Å². The number of aromatic nitrogens is 8. The predicted molar refractivity (Wildman–Crippen MR) is 45.1 cm³/mol. The molecule has 0 spiro atoms. The summed E-state index contributed by atoms with van der Waals surface area (Å²) < 4.78 is 0. The Hall–Kier alpha value is -1.64. The van der Waals surface area contributed by atoms with Gasteiger partial charge >= 0.3 is 0 Å². The summed E-state index contributed by atoms with van der Waals surface area (Å²) in [5.41, 5.74) is 1.51. The van der Waals surface area contributed by atoms with E-state index in [1.165, 1.54) is 0 Å². The Balaban J connectivity index is 2.42. The molecule has 68 valence electrons. The van der Waals surface area contributed by atoms with E-state index >= 15 is 0 Å². The van der Waals surface area contributed by atoms with E-state index in [1.807, 2.05) is 0 Å². The van der Waals surface area contributed by atoms with Gasteiger partial charge in [-0.1, -0.05) is 13.1 Å². The summed E-state index contributed by atoms with van der Waals surface area (Å²) in [5.74, 6) is 0. The van der Waals surface area contributed by atoms with Gasteiger partial charge in [0.25, 0.3) is 0 Å². The third-order valence-electron chi connectivity index (χ3n) is 1.87. The van der Waals surface area contributed by atoms with Crippen molar-refractivity contribution in [3.63, 3.8) is 0 Å². The van der Waals surface area contributed by atoms with Gasteiger partial charge in [0.05, 0.1) is 0 Å². The van der Waals surface area contributed by atoms with Gasteiger partial charge < -0.3 is 0 Å². The molecule has 0 aromatic carbocycles. The van der Waals surface area contributed by atoms with Crippen molar-refractivity contribution >= 4 is 19.0 Å². The van der Waals surface area contributed by atoms with Crippen molar-refractivity contribution in [2.24, 2.45) is 0 Å². The van der Waals surface area contributed by atoms with Crippen LogP contribution in [0.1, 0.15) is 0 Å². The van der Waals surface area contributed by atoms with E-state index in [-0.39, 0.29) is 0 Å². The second-order valence-electron chi connectivity index (χ2n) is 3.12. The lowest BCUT2D eigenvalue weighted by Gasteiger charge is -2.12. The van der Waals surface area contributed by atoms with Gasteiger partial charge in [0.1, 0.15) is 10.9 Å². The molecular formula is C4H8N8Si. The maximum atomic E-state index is 3.87. The Morgan fingerprint density at radius 2 is 1.38 bits per heavy atom. The highest BCUT2D eigenvalue weighted by Gasteiger charge is 2.34. The van der Waals surface area contributed by atoms with Crippen LogP contribution in [-0.2, 0) is 0 Å². The molecule has 0 atom stereocenters. The average molecular weight is 196 g/mol. The van der Waals surface area contributed by atoms with Crippen LogP contribution in [0.2, 0.25) is 13.1 Å². The number of tetrazole rings is 2. The first kappa shape index (κ1) is 7.98. The number of rotatable bonds is 2. The summed E-state index contributed by atoms with van der Waals surface area (Å²) in [5, 5.41) is 27.3. The lowest BCUT2D eigenvalue weighted by molar-refractivity contribution is 0.881. The van der Waals surface area contributed by atoms with Gasteiger partial charge in [-0.15, -0.1) is 10.2 Å². The number of H-pyrrole nitrogens is 2. The molecule has 2 aromatic heterocycles. The van der Waals surface area contributed by atoms with Crippen LogP contribution in [0.25, 0.3) is 0 Å². The average Bonchev–Trinajstić information content (AvgIpc) is 2.78. The smallest absolute Gasteiger partial charge is 0.209 e. The second-order valence-corrected chi connectivity index (χ2v) is 7.32. The fraction of sp³-hybridized carbons (Fsp3) is 0.500. The van der Waals surface area contributed by atoms with Crippen LogP contribution in [0, 0.1) is 0 Å². The molecule has 0 bridgehead atoms. The Morgan fingerprint density at radius 1 is 0.923 bits per heavy atom. The van der Waals surface area contributed by atoms with Gasteiger partial charge in [0.2, 0.25) is 8.07 Å². The zero-order valence-electron chi connectivity index (χ0n) is 7.18. The normalized spacial score (nSPS) is 11.8. The summed E-state index contributed by atoms with van der Waals surface area (Å²) in [4.78, 5) is 0. The fourth-order valence-corrected chi connectivity index (χ4v) is 2.43. The van der Waals surface area contributed by atoms with Gasteiger partial charge in [-0.3, -0.25) is 0 Å². The molecule has 0 unspecified atom stereocenters. The maximum Gasteiger partial charge on any atom is 0.209 e. The molecule has 0 radical (unpaired) electrons. The lowest BCUT2D eigenvalue weighted by Crippen LogP contribution is -2.57. The van der Waals surface area contributed by atoms with Crippen molar-refractivity contribution in [2.75, 3.05) is 0 Å².